The van der Waals surface area contributed by atoms with E-state index in [1.807, 2.05) is 36.4 Å². The van der Waals surface area contributed by atoms with E-state index in [-0.39, 0.29) is 6.61 Å². The standard InChI is InChI=1S/C22H24O7/c1-2-25-22-19(28-20(24)14-9-5-3-6-10-14)17(23)18-16(27-22)13-26-21(29-18)15-11-7-4-8-12-15/h3-12,16-19,21-23H,2,13H2,1H3/t16?,17-,18+,19?,21?,22-/m1/s1. The van der Waals surface area contributed by atoms with Gasteiger partial charge in [0.05, 0.1) is 12.2 Å². The second kappa shape index (κ2) is 9.02. The van der Waals surface area contributed by atoms with Crippen molar-refractivity contribution in [2.24, 2.45) is 0 Å². The maximum atomic E-state index is 12.5. The molecule has 7 nitrogen and oxygen atoms in total. The molecule has 2 aromatic carbocycles. The van der Waals surface area contributed by atoms with Crippen molar-refractivity contribution in [2.75, 3.05) is 13.2 Å². The maximum Gasteiger partial charge on any atom is 0.338 e. The van der Waals surface area contributed by atoms with Gasteiger partial charge in [-0.1, -0.05) is 48.5 Å². The molecule has 2 saturated heterocycles. The topological polar surface area (TPSA) is 83.5 Å². The van der Waals surface area contributed by atoms with Crippen LogP contribution in [0, 0.1) is 0 Å². The van der Waals surface area contributed by atoms with E-state index in [2.05, 4.69) is 0 Å². The lowest BCUT2D eigenvalue weighted by atomic mass is 9.97. The van der Waals surface area contributed by atoms with Crippen molar-refractivity contribution in [1.82, 2.24) is 0 Å². The number of ether oxygens (including phenoxy) is 5. The zero-order valence-corrected chi connectivity index (χ0v) is 16.0. The van der Waals surface area contributed by atoms with Gasteiger partial charge in [0.15, 0.2) is 18.7 Å². The Balaban J connectivity index is 1.51. The van der Waals surface area contributed by atoms with Gasteiger partial charge in [-0.15, -0.1) is 0 Å². The highest BCUT2D eigenvalue weighted by Crippen LogP contribution is 2.35. The third-order valence-corrected chi connectivity index (χ3v) is 4.96. The molecule has 2 aromatic rings. The number of fused-ring (bicyclic) bond motifs is 1. The minimum Gasteiger partial charge on any atom is -0.450 e. The molecule has 0 aromatic heterocycles. The third-order valence-electron chi connectivity index (χ3n) is 4.96. The summed E-state index contributed by atoms with van der Waals surface area (Å²) in [5, 5.41) is 11.0. The molecule has 0 radical (unpaired) electrons. The minimum atomic E-state index is -1.13. The van der Waals surface area contributed by atoms with Gasteiger partial charge in [-0.2, -0.15) is 0 Å². The first-order valence-corrected chi connectivity index (χ1v) is 9.70. The summed E-state index contributed by atoms with van der Waals surface area (Å²) in [4.78, 5) is 12.5. The maximum absolute atomic E-state index is 12.5. The van der Waals surface area contributed by atoms with Gasteiger partial charge in [-0.25, -0.2) is 4.79 Å². The molecule has 4 rings (SSSR count). The van der Waals surface area contributed by atoms with Gasteiger partial charge < -0.3 is 28.8 Å². The van der Waals surface area contributed by atoms with Crippen LogP contribution in [0.25, 0.3) is 0 Å². The van der Waals surface area contributed by atoms with E-state index < -0.39 is 43.0 Å². The van der Waals surface area contributed by atoms with Crippen molar-refractivity contribution in [3.8, 4) is 0 Å². The smallest absolute Gasteiger partial charge is 0.338 e. The summed E-state index contributed by atoms with van der Waals surface area (Å²) in [5.74, 6) is -0.562. The molecule has 2 aliphatic heterocycles. The van der Waals surface area contributed by atoms with Crippen molar-refractivity contribution < 1.29 is 33.6 Å². The molecule has 0 spiro atoms. The zero-order valence-electron chi connectivity index (χ0n) is 16.0. The molecule has 29 heavy (non-hydrogen) atoms. The number of benzene rings is 2. The highest BCUT2D eigenvalue weighted by Gasteiger charge is 2.51. The first kappa shape index (κ1) is 20.0. The third kappa shape index (κ3) is 4.34. The summed E-state index contributed by atoms with van der Waals surface area (Å²) in [6.07, 6.45) is -4.96. The highest BCUT2D eigenvalue weighted by atomic mass is 16.8. The van der Waals surface area contributed by atoms with Crippen LogP contribution in [0.1, 0.15) is 29.1 Å². The lowest BCUT2D eigenvalue weighted by Crippen LogP contribution is -2.63. The summed E-state index contributed by atoms with van der Waals surface area (Å²) in [6, 6.07) is 18.0. The van der Waals surface area contributed by atoms with Crippen LogP contribution in [0.3, 0.4) is 0 Å². The van der Waals surface area contributed by atoms with Crippen LogP contribution in [0.15, 0.2) is 60.7 Å². The van der Waals surface area contributed by atoms with Gasteiger partial charge in [0.2, 0.25) is 0 Å². The number of aliphatic hydroxyl groups is 1. The molecular weight excluding hydrogens is 376 g/mol. The zero-order chi connectivity index (χ0) is 20.2. The second-order valence-corrected chi connectivity index (χ2v) is 6.90. The number of rotatable bonds is 5. The summed E-state index contributed by atoms with van der Waals surface area (Å²) in [5.41, 5.74) is 1.22. The van der Waals surface area contributed by atoms with Crippen molar-refractivity contribution >= 4 is 5.97 Å². The molecule has 1 N–H and O–H groups in total. The Bertz CT molecular complexity index is 797. The number of esters is 1. The van der Waals surface area contributed by atoms with Crippen LogP contribution < -0.4 is 0 Å². The van der Waals surface area contributed by atoms with Crippen LogP contribution >= 0.6 is 0 Å². The molecule has 154 valence electrons. The molecule has 2 aliphatic rings. The van der Waals surface area contributed by atoms with Crippen LogP contribution in [0.5, 0.6) is 0 Å². The van der Waals surface area contributed by atoms with Crippen LogP contribution in [0.4, 0.5) is 0 Å². The first-order valence-electron chi connectivity index (χ1n) is 9.70. The Hall–Kier alpha value is -2.29. The number of carbonyl (C=O) groups excluding carboxylic acids is 1. The predicted molar refractivity (Wildman–Crippen MR) is 102 cm³/mol. The van der Waals surface area contributed by atoms with E-state index in [0.29, 0.717) is 12.2 Å². The molecule has 2 heterocycles. The van der Waals surface area contributed by atoms with Crippen LogP contribution in [0.2, 0.25) is 0 Å². The summed E-state index contributed by atoms with van der Waals surface area (Å²) < 4.78 is 28.9. The molecule has 7 heteroatoms. The molecule has 3 unspecified atom stereocenters. The first-order chi connectivity index (χ1) is 14.2. The van der Waals surface area contributed by atoms with E-state index in [1.165, 1.54) is 0 Å². The van der Waals surface area contributed by atoms with Gasteiger partial charge in [0.25, 0.3) is 0 Å². The van der Waals surface area contributed by atoms with E-state index in [9.17, 15) is 9.90 Å². The monoisotopic (exact) mass is 400 g/mol. The van der Waals surface area contributed by atoms with Gasteiger partial charge in [-0.3, -0.25) is 0 Å². The van der Waals surface area contributed by atoms with Crippen molar-refractivity contribution in [3.63, 3.8) is 0 Å². The molecule has 0 aliphatic carbocycles. The quantitative estimate of drug-likeness (QED) is 0.772. The van der Waals surface area contributed by atoms with E-state index >= 15 is 0 Å². The lowest BCUT2D eigenvalue weighted by molar-refractivity contribution is -0.360. The molecular formula is C22H24O7. The Morgan fingerprint density at radius 2 is 1.76 bits per heavy atom. The Labute approximate surface area is 169 Å². The number of aliphatic hydroxyl groups excluding tert-OH is 1. The van der Waals surface area contributed by atoms with Gasteiger partial charge >= 0.3 is 5.97 Å². The number of hydrogen-bond donors (Lipinski definition) is 1. The summed E-state index contributed by atoms with van der Waals surface area (Å²) in [6.45, 7) is 2.37. The predicted octanol–water partition coefficient (Wildman–Crippen LogP) is 2.45. The van der Waals surface area contributed by atoms with E-state index in [0.717, 1.165) is 5.56 Å². The summed E-state index contributed by atoms with van der Waals surface area (Å²) in [7, 11) is 0. The Morgan fingerprint density at radius 1 is 1.07 bits per heavy atom. The molecule has 0 bridgehead atoms. The SMILES string of the molecule is CCO[C@@H]1OC2COC(c3ccccc3)O[C@@H]2[C@@H](O)C1OC(=O)c1ccccc1. The highest BCUT2D eigenvalue weighted by molar-refractivity contribution is 5.89. The minimum absolute atomic E-state index is 0.226. The normalized spacial score (nSPS) is 31.7. The Morgan fingerprint density at radius 3 is 2.45 bits per heavy atom. The Kier molecular flexibility index (Phi) is 6.22. The van der Waals surface area contributed by atoms with Gasteiger partial charge in [0, 0.05) is 12.2 Å². The fraction of sp³-hybridized carbons (Fsp3) is 0.409. The van der Waals surface area contributed by atoms with E-state index in [4.69, 9.17) is 23.7 Å². The fourth-order valence-electron chi connectivity index (χ4n) is 3.54. The largest absolute Gasteiger partial charge is 0.450 e. The van der Waals surface area contributed by atoms with Crippen LogP contribution in [-0.4, -0.2) is 55.0 Å². The van der Waals surface area contributed by atoms with Gasteiger partial charge in [-0.05, 0) is 19.1 Å². The molecule has 6 atom stereocenters. The van der Waals surface area contributed by atoms with Gasteiger partial charge in [0.1, 0.15) is 18.3 Å². The molecule has 0 amide bonds. The average molecular weight is 400 g/mol. The number of carbonyl (C=O) groups is 1. The van der Waals surface area contributed by atoms with E-state index in [1.54, 1.807) is 31.2 Å². The van der Waals surface area contributed by atoms with Crippen molar-refractivity contribution in [1.29, 1.82) is 0 Å². The fourth-order valence-corrected chi connectivity index (χ4v) is 3.54. The summed E-state index contributed by atoms with van der Waals surface area (Å²) >= 11 is 0. The van der Waals surface area contributed by atoms with Crippen molar-refractivity contribution in [2.45, 2.75) is 43.9 Å². The molecule has 0 saturated carbocycles. The molecule has 2 fully saturated rings. The van der Waals surface area contributed by atoms with Crippen molar-refractivity contribution in [3.05, 3.63) is 71.8 Å². The number of hydrogen-bond acceptors (Lipinski definition) is 7. The van der Waals surface area contributed by atoms with Crippen LogP contribution in [-0.2, 0) is 23.7 Å². The average Bonchev–Trinajstić information content (AvgIpc) is 2.77. The second-order valence-electron chi connectivity index (χ2n) is 6.90. The lowest BCUT2D eigenvalue weighted by Gasteiger charge is -2.47.